The molecule has 0 heterocycles. The molecule has 0 fully saturated rings. The molecular formula is C36H30P2S+2. The number of rotatable bonds is 8. The Hall–Kier alpha value is -3.47. The third-order valence-electron chi connectivity index (χ3n) is 6.96. The summed E-state index contributed by atoms with van der Waals surface area (Å²) in [5.41, 5.74) is 0. The zero-order valence-electron chi connectivity index (χ0n) is 21.6. The van der Waals surface area contributed by atoms with Crippen LogP contribution in [0.3, 0.4) is 0 Å². The molecule has 0 saturated heterocycles. The van der Waals surface area contributed by atoms with E-state index in [0.29, 0.717) is 0 Å². The molecule has 39 heavy (non-hydrogen) atoms. The molecule has 6 aromatic rings. The van der Waals surface area contributed by atoms with E-state index in [0.717, 1.165) is 0 Å². The third kappa shape index (κ3) is 4.88. The maximum Gasteiger partial charge on any atom is 0.220 e. The maximum atomic E-state index is 2.34. The van der Waals surface area contributed by atoms with Crippen LogP contribution >= 0.6 is 23.9 Å². The second kappa shape index (κ2) is 11.7. The maximum absolute atomic E-state index is 2.34. The van der Waals surface area contributed by atoms with E-state index >= 15 is 0 Å². The second-order valence-corrected chi connectivity index (χ2v) is 20.3. The van der Waals surface area contributed by atoms with Crippen LogP contribution in [0.5, 0.6) is 0 Å². The quantitative estimate of drug-likeness (QED) is 0.175. The molecule has 0 bridgehead atoms. The van der Waals surface area contributed by atoms with Crippen molar-refractivity contribution >= 4 is 55.8 Å². The molecule has 0 aliphatic rings. The summed E-state index contributed by atoms with van der Waals surface area (Å²) in [4.78, 5) is 0. The minimum absolute atomic E-state index is 1.39. The van der Waals surface area contributed by atoms with Crippen molar-refractivity contribution in [1.82, 2.24) is 0 Å². The molecule has 0 atom stereocenters. The Morgan fingerprint density at radius 2 is 0.385 bits per heavy atom. The number of hydrogen-bond acceptors (Lipinski definition) is 1. The van der Waals surface area contributed by atoms with E-state index in [-0.39, 0.29) is 0 Å². The molecule has 0 aromatic heterocycles. The van der Waals surface area contributed by atoms with Crippen LogP contribution in [0.2, 0.25) is 0 Å². The Bertz CT molecular complexity index is 1270. The van der Waals surface area contributed by atoms with E-state index in [1.165, 1.54) is 31.8 Å². The summed E-state index contributed by atoms with van der Waals surface area (Å²) < 4.78 is 0. The lowest BCUT2D eigenvalue weighted by Crippen LogP contribution is -2.34. The molecule has 0 radical (unpaired) electrons. The Kier molecular flexibility index (Phi) is 7.76. The minimum atomic E-state index is -2.21. The highest BCUT2D eigenvalue weighted by molar-refractivity contribution is 8.99. The topological polar surface area (TPSA) is 0 Å². The van der Waals surface area contributed by atoms with Crippen LogP contribution in [0.25, 0.3) is 0 Å². The Balaban J connectivity index is 1.76. The van der Waals surface area contributed by atoms with E-state index in [9.17, 15) is 0 Å². The van der Waals surface area contributed by atoms with Gasteiger partial charge in [0.05, 0.1) is 0 Å². The summed E-state index contributed by atoms with van der Waals surface area (Å²) in [6.45, 7) is -4.41. The van der Waals surface area contributed by atoms with Gasteiger partial charge >= 0.3 is 0 Å². The fraction of sp³-hybridized carbons (Fsp3) is 0. The van der Waals surface area contributed by atoms with E-state index in [2.05, 4.69) is 193 Å². The third-order valence-corrected chi connectivity index (χ3v) is 23.3. The smallest absolute Gasteiger partial charge is 0.0620 e. The van der Waals surface area contributed by atoms with Crippen molar-refractivity contribution in [3.63, 3.8) is 0 Å². The van der Waals surface area contributed by atoms with E-state index in [1.807, 2.05) is 0 Å². The van der Waals surface area contributed by atoms with Gasteiger partial charge in [-0.2, -0.15) is 0 Å². The zero-order valence-corrected chi connectivity index (χ0v) is 24.2. The van der Waals surface area contributed by atoms with Crippen LogP contribution in [-0.2, 0) is 0 Å². The predicted molar refractivity (Wildman–Crippen MR) is 178 cm³/mol. The fourth-order valence-electron chi connectivity index (χ4n) is 5.19. The summed E-state index contributed by atoms with van der Waals surface area (Å²) in [6.07, 6.45) is 0. The van der Waals surface area contributed by atoms with Crippen molar-refractivity contribution in [1.29, 1.82) is 0 Å². The summed E-state index contributed by atoms with van der Waals surface area (Å²) >= 11 is 2.23. The van der Waals surface area contributed by atoms with Gasteiger partial charge < -0.3 is 0 Å². The minimum Gasteiger partial charge on any atom is -0.0620 e. The molecule has 0 saturated carbocycles. The van der Waals surface area contributed by atoms with E-state index in [1.54, 1.807) is 0 Å². The molecule has 6 rings (SSSR count). The monoisotopic (exact) mass is 556 g/mol. The molecule has 0 spiro atoms. The molecule has 0 N–H and O–H groups in total. The van der Waals surface area contributed by atoms with Gasteiger partial charge in [-0.1, -0.05) is 109 Å². The molecule has 0 unspecified atom stereocenters. The lowest BCUT2D eigenvalue weighted by atomic mass is 10.4. The first kappa shape index (κ1) is 25.8. The lowest BCUT2D eigenvalue weighted by molar-refractivity contribution is 1.73. The second-order valence-electron chi connectivity index (χ2n) is 9.31. The van der Waals surface area contributed by atoms with Gasteiger partial charge in [0.1, 0.15) is 31.8 Å². The molecule has 0 aliphatic heterocycles. The Labute approximate surface area is 237 Å². The van der Waals surface area contributed by atoms with Crippen molar-refractivity contribution < 1.29 is 0 Å². The predicted octanol–water partition coefficient (Wildman–Crippen LogP) is 7.54. The van der Waals surface area contributed by atoms with Crippen LogP contribution in [0.1, 0.15) is 0 Å². The highest BCUT2D eigenvalue weighted by Crippen LogP contribution is 2.85. The fourth-order valence-corrected chi connectivity index (χ4v) is 24.9. The van der Waals surface area contributed by atoms with Crippen LogP contribution in [0.15, 0.2) is 182 Å². The zero-order chi connectivity index (χ0) is 26.4. The van der Waals surface area contributed by atoms with Crippen LogP contribution in [0.4, 0.5) is 0 Å². The van der Waals surface area contributed by atoms with Crippen molar-refractivity contribution in [3.05, 3.63) is 182 Å². The highest BCUT2D eigenvalue weighted by atomic mass is 33.1. The van der Waals surface area contributed by atoms with Gasteiger partial charge in [-0.15, -0.1) is 0 Å². The number of hydrogen-bond donors (Lipinski definition) is 0. The molecular weight excluding hydrogens is 526 g/mol. The number of benzene rings is 6. The Morgan fingerprint density at radius 1 is 0.231 bits per heavy atom. The summed E-state index contributed by atoms with van der Waals surface area (Å²) in [5, 5.41) is 8.33. The van der Waals surface area contributed by atoms with E-state index in [4.69, 9.17) is 0 Å². The van der Waals surface area contributed by atoms with Crippen LogP contribution in [0, 0.1) is 0 Å². The van der Waals surface area contributed by atoms with Crippen molar-refractivity contribution in [2.45, 2.75) is 0 Å². The van der Waals surface area contributed by atoms with Crippen LogP contribution in [-0.4, -0.2) is 0 Å². The average Bonchev–Trinajstić information content (AvgIpc) is 3.04. The summed E-state index contributed by atoms with van der Waals surface area (Å²) in [6, 6.07) is 67.3. The highest BCUT2D eigenvalue weighted by Gasteiger charge is 2.63. The summed E-state index contributed by atoms with van der Waals surface area (Å²) in [5.74, 6) is 0. The van der Waals surface area contributed by atoms with Crippen molar-refractivity contribution in [2.75, 3.05) is 0 Å². The van der Waals surface area contributed by atoms with Crippen molar-refractivity contribution in [2.24, 2.45) is 0 Å². The van der Waals surface area contributed by atoms with Gasteiger partial charge in [-0.25, -0.2) is 0 Å². The van der Waals surface area contributed by atoms with Gasteiger partial charge in [0.15, 0.2) is 0 Å². The van der Waals surface area contributed by atoms with Gasteiger partial charge in [-0.3, -0.25) is 0 Å². The van der Waals surface area contributed by atoms with Crippen molar-refractivity contribution in [3.8, 4) is 0 Å². The molecule has 0 amide bonds. The van der Waals surface area contributed by atoms with E-state index < -0.39 is 12.9 Å². The first-order valence-corrected chi connectivity index (χ1v) is 18.8. The van der Waals surface area contributed by atoms with Gasteiger partial charge in [0, 0.05) is 0 Å². The Morgan fingerprint density at radius 3 is 0.538 bits per heavy atom. The first-order valence-electron chi connectivity index (χ1n) is 13.2. The average molecular weight is 557 g/mol. The lowest BCUT2D eigenvalue weighted by Gasteiger charge is -2.31. The van der Waals surface area contributed by atoms with Crippen LogP contribution < -0.4 is 31.8 Å². The molecule has 3 heteroatoms. The van der Waals surface area contributed by atoms with Gasteiger partial charge in [0.2, 0.25) is 23.9 Å². The SMILES string of the molecule is c1ccc([P+](S[P+](c2ccccc2)(c2ccccc2)c2ccccc2)(c2ccccc2)c2ccccc2)cc1. The first-order chi connectivity index (χ1) is 19.3. The molecule has 6 aromatic carbocycles. The molecule has 0 nitrogen and oxygen atoms in total. The van der Waals surface area contributed by atoms with Gasteiger partial charge in [-0.05, 0) is 72.8 Å². The molecule has 0 aliphatic carbocycles. The standard InChI is InChI=1S/C36H30P2S/c1-7-19-31(20-8-1)37(32-21-9-2-10-22-32,33-23-11-3-12-24-33)39-38(34-25-13-4-14-26-34,35-27-15-5-16-28-35)36-29-17-6-18-30-36/h1-30H/q+2. The molecule has 188 valence electrons. The van der Waals surface area contributed by atoms with Gasteiger partial charge in [0.25, 0.3) is 0 Å². The normalized spacial score (nSPS) is 11.7. The summed E-state index contributed by atoms with van der Waals surface area (Å²) in [7, 11) is 0. The largest absolute Gasteiger partial charge is 0.220 e.